The number of halogens is 1. The van der Waals surface area contributed by atoms with Gasteiger partial charge in [-0.3, -0.25) is 4.79 Å². The Hall–Kier alpha value is -4.86. The Morgan fingerprint density at radius 1 is 0.938 bits per heavy atom. The predicted octanol–water partition coefficient (Wildman–Crippen LogP) is 7.82. The van der Waals surface area contributed by atoms with Crippen LogP contribution in [0.2, 0.25) is 0 Å². The van der Waals surface area contributed by atoms with E-state index < -0.39 is 17.7 Å². The topological polar surface area (TPSA) is 101 Å². The number of fused-ring (bicyclic) bond motifs is 1. The van der Waals surface area contributed by atoms with E-state index in [9.17, 15) is 14.0 Å². The van der Waals surface area contributed by atoms with Crippen LogP contribution in [0.3, 0.4) is 0 Å². The van der Waals surface area contributed by atoms with Crippen LogP contribution >= 0.6 is 0 Å². The zero-order valence-electron chi connectivity index (χ0n) is 28.6. The number of aryl methyl sites for hydroxylation is 1. The third-order valence-electron chi connectivity index (χ3n) is 8.21. The number of imidazole rings is 1. The standard InChI is InChI=1S/C38H47FN6O3/c1-6-7-8-21-40-30-19-11-27(12-20-30)24-32(42-37(47)48-38(3,4)5)36(46)44-22-23-45-33(25-44)43-34(28-13-15-29(39)16-14-28)35(45)41-31-17-9-26(2)10-18-31/h9-20,32,40-41H,6-8,21-25H2,1-5H3,(H,42,47). The summed E-state index contributed by atoms with van der Waals surface area (Å²) in [7, 11) is 0. The van der Waals surface area contributed by atoms with Crippen LogP contribution in [0.5, 0.6) is 0 Å². The lowest BCUT2D eigenvalue weighted by molar-refractivity contribution is -0.135. The SMILES string of the molecule is CCCCCNc1ccc(CC(NC(=O)OC(C)(C)C)C(=O)N2CCn3c(nc(-c4ccc(F)cc4)c3Nc3ccc(C)cc3)C2)cc1. The van der Waals surface area contributed by atoms with Crippen molar-refractivity contribution in [1.29, 1.82) is 0 Å². The monoisotopic (exact) mass is 654 g/mol. The number of nitrogens with zero attached hydrogens (tertiary/aromatic N) is 3. The number of unbranched alkanes of at least 4 members (excludes halogenated alkanes) is 2. The van der Waals surface area contributed by atoms with Gasteiger partial charge in [-0.2, -0.15) is 0 Å². The lowest BCUT2D eigenvalue weighted by Gasteiger charge is -2.32. The van der Waals surface area contributed by atoms with Gasteiger partial charge in [0.2, 0.25) is 5.91 Å². The highest BCUT2D eigenvalue weighted by Gasteiger charge is 2.32. The van der Waals surface area contributed by atoms with Crippen LogP contribution in [0.1, 0.15) is 63.9 Å². The first-order valence-corrected chi connectivity index (χ1v) is 16.8. The van der Waals surface area contributed by atoms with Crippen molar-refractivity contribution in [1.82, 2.24) is 19.8 Å². The number of hydrogen-bond acceptors (Lipinski definition) is 6. The molecule has 3 aromatic carbocycles. The van der Waals surface area contributed by atoms with Gasteiger partial charge in [0, 0.05) is 43.0 Å². The molecule has 10 heteroatoms. The molecule has 0 saturated carbocycles. The summed E-state index contributed by atoms with van der Waals surface area (Å²) in [6, 6.07) is 21.5. The molecule has 1 aromatic heterocycles. The highest BCUT2D eigenvalue weighted by molar-refractivity contribution is 5.86. The van der Waals surface area contributed by atoms with Gasteiger partial charge in [-0.15, -0.1) is 0 Å². The van der Waals surface area contributed by atoms with Crippen molar-refractivity contribution in [3.63, 3.8) is 0 Å². The molecular weight excluding hydrogens is 607 g/mol. The van der Waals surface area contributed by atoms with Gasteiger partial charge in [0.15, 0.2) is 0 Å². The number of rotatable bonds is 12. The van der Waals surface area contributed by atoms with Gasteiger partial charge < -0.3 is 30.2 Å². The fraction of sp³-hybridized carbons (Fsp3) is 0.395. The summed E-state index contributed by atoms with van der Waals surface area (Å²) < 4.78 is 21.5. The molecule has 1 aliphatic rings. The van der Waals surface area contributed by atoms with Gasteiger partial charge in [0.1, 0.15) is 34.8 Å². The molecule has 1 atom stereocenters. The van der Waals surface area contributed by atoms with Gasteiger partial charge in [-0.25, -0.2) is 14.2 Å². The molecule has 9 nitrogen and oxygen atoms in total. The van der Waals surface area contributed by atoms with E-state index in [1.165, 1.54) is 25.0 Å². The van der Waals surface area contributed by atoms with E-state index in [0.717, 1.165) is 46.8 Å². The van der Waals surface area contributed by atoms with E-state index in [1.807, 2.05) is 55.5 Å². The van der Waals surface area contributed by atoms with Crippen LogP contribution in [0.15, 0.2) is 72.8 Å². The Kier molecular flexibility index (Phi) is 11.0. The highest BCUT2D eigenvalue weighted by atomic mass is 19.1. The molecule has 0 spiro atoms. The quantitative estimate of drug-likeness (QED) is 0.135. The lowest BCUT2D eigenvalue weighted by Crippen LogP contribution is -2.52. The van der Waals surface area contributed by atoms with E-state index in [0.29, 0.717) is 31.0 Å². The Balaban J connectivity index is 1.38. The van der Waals surface area contributed by atoms with Crippen molar-refractivity contribution in [2.75, 3.05) is 23.7 Å². The van der Waals surface area contributed by atoms with E-state index in [1.54, 1.807) is 37.8 Å². The number of aromatic nitrogens is 2. The molecule has 0 fully saturated rings. The molecule has 0 aliphatic carbocycles. The van der Waals surface area contributed by atoms with Crippen molar-refractivity contribution in [3.05, 3.63) is 95.6 Å². The summed E-state index contributed by atoms with van der Waals surface area (Å²) in [5, 5.41) is 9.81. The van der Waals surface area contributed by atoms with Crippen LogP contribution in [-0.4, -0.2) is 51.2 Å². The van der Waals surface area contributed by atoms with Crippen LogP contribution in [0.25, 0.3) is 11.3 Å². The van der Waals surface area contributed by atoms with Gasteiger partial charge >= 0.3 is 6.09 Å². The average molecular weight is 655 g/mol. The molecule has 48 heavy (non-hydrogen) atoms. The number of ether oxygens (including phenoxy) is 1. The number of hydrogen-bond donors (Lipinski definition) is 3. The third-order valence-corrected chi connectivity index (χ3v) is 8.21. The van der Waals surface area contributed by atoms with Crippen molar-refractivity contribution in [3.8, 4) is 11.3 Å². The minimum Gasteiger partial charge on any atom is -0.444 e. The first kappa shape index (κ1) is 34.5. The minimum absolute atomic E-state index is 0.215. The molecule has 4 aromatic rings. The summed E-state index contributed by atoms with van der Waals surface area (Å²) in [5.74, 6) is 0.930. The van der Waals surface area contributed by atoms with E-state index >= 15 is 0 Å². The molecule has 1 unspecified atom stereocenters. The van der Waals surface area contributed by atoms with Crippen molar-refractivity contribution < 1.29 is 18.7 Å². The molecule has 2 heterocycles. The second-order valence-corrected chi connectivity index (χ2v) is 13.4. The smallest absolute Gasteiger partial charge is 0.408 e. The molecule has 1 aliphatic heterocycles. The third kappa shape index (κ3) is 9.14. The van der Waals surface area contributed by atoms with Crippen LogP contribution < -0.4 is 16.0 Å². The highest BCUT2D eigenvalue weighted by Crippen LogP contribution is 2.33. The molecule has 254 valence electrons. The summed E-state index contributed by atoms with van der Waals surface area (Å²) in [4.78, 5) is 33.8. The van der Waals surface area contributed by atoms with Crippen LogP contribution in [0.4, 0.5) is 26.4 Å². The lowest BCUT2D eigenvalue weighted by atomic mass is 10.0. The minimum atomic E-state index is -0.841. The van der Waals surface area contributed by atoms with Gasteiger partial charge in [-0.1, -0.05) is 49.6 Å². The average Bonchev–Trinajstić information content (AvgIpc) is 3.41. The molecule has 2 amide bonds. The van der Waals surface area contributed by atoms with Crippen LogP contribution in [0, 0.1) is 12.7 Å². The number of nitrogens with one attached hydrogen (secondary N) is 3. The van der Waals surface area contributed by atoms with Crippen molar-refractivity contribution in [2.24, 2.45) is 0 Å². The summed E-state index contributed by atoms with van der Waals surface area (Å²) in [6.07, 6.45) is 3.12. The Morgan fingerprint density at radius 2 is 1.62 bits per heavy atom. The number of alkyl carbamates (subject to hydrolysis) is 1. The second-order valence-electron chi connectivity index (χ2n) is 13.4. The molecule has 0 saturated heterocycles. The van der Waals surface area contributed by atoms with Crippen molar-refractivity contribution in [2.45, 2.75) is 85.0 Å². The zero-order valence-corrected chi connectivity index (χ0v) is 28.6. The Bertz CT molecular complexity index is 1680. The summed E-state index contributed by atoms with van der Waals surface area (Å²) in [6.45, 7) is 11.7. The zero-order chi connectivity index (χ0) is 34.3. The fourth-order valence-electron chi connectivity index (χ4n) is 5.70. The maximum absolute atomic E-state index is 14.2. The number of benzene rings is 3. The van der Waals surface area contributed by atoms with E-state index in [-0.39, 0.29) is 18.3 Å². The first-order valence-electron chi connectivity index (χ1n) is 16.8. The largest absolute Gasteiger partial charge is 0.444 e. The van der Waals surface area contributed by atoms with Gasteiger partial charge in [-0.05, 0) is 88.2 Å². The Labute approximate surface area is 282 Å². The molecule has 3 N–H and O–H groups in total. The van der Waals surface area contributed by atoms with Crippen molar-refractivity contribution >= 4 is 29.2 Å². The van der Waals surface area contributed by atoms with Gasteiger partial charge in [0.25, 0.3) is 0 Å². The number of anilines is 3. The predicted molar refractivity (Wildman–Crippen MR) is 189 cm³/mol. The maximum Gasteiger partial charge on any atom is 0.408 e. The number of amides is 2. The summed E-state index contributed by atoms with van der Waals surface area (Å²) in [5.41, 5.74) is 4.71. The number of carbonyl (C=O) groups is 2. The molecule has 5 rings (SSSR count). The molecule has 0 radical (unpaired) electrons. The maximum atomic E-state index is 14.2. The molecule has 0 bridgehead atoms. The number of carbonyl (C=O) groups excluding carboxylic acids is 2. The van der Waals surface area contributed by atoms with E-state index in [2.05, 4.69) is 27.4 Å². The van der Waals surface area contributed by atoms with Gasteiger partial charge in [0.05, 0.1) is 6.54 Å². The summed E-state index contributed by atoms with van der Waals surface area (Å²) >= 11 is 0. The second kappa shape index (κ2) is 15.4. The normalized spacial score (nSPS) is 13.4. The molecular formula is C38H47FN6O3. The fourth-order valence-corrected chi connectivity index (χ4v) is 5.70. The van der Waals surface area contributed by atoms with Crippen LogP contribution in [-0.2, 0) is 29.0 Å². The first-order chi connectivity index (χ1) is 23.0. The Morgan fingerprint density at radius 3 is 2.29 bits per heavy atom. The van der Waals surface area contributed by atoms with E-state index in [4.69, 9.17) is 9.72 Å².